The van der Waals surface area contributed by atoms with Crippen LogP contribution in [-0.2, 0) is 4.79 Å². The number of carbonyl (C=O) groups is 1. The minimum Gasteiger partial charge on any atom is -0.343 e. The molecule has 0 unspecified atom stereocenters. The van der Waals surface area contributed by atoms with E-state index in [4.69, 9.17) is 0 Å². The molecule has 3 nitrogen and oxygen atoms in total. The third-order valence-electron chi connectivity index (χ3n) is 3.36. The monoisotopic (exact) mass is 226 g/mol. The molecular formula is C13H26N2O. The Morgan fingerprint density at radius 2 is 2.00 bits per heavy atom. The standard InChI is InChI=1S/C13H26N2O/c1-11(2)10-12-5-8-15(9-6-12)13(16)4-7-14-3/h11-12,14H,4-10H2,1-3H3. The lowest BCUT2D eigenvalue weighted by Gasteiger charge is -2.32. The van der Waals surface area contributed by atoms with E-state index in [9.17, 15) is 4.79 Å². The maximum atomic E-state index is 11.8. The van der Waals surface area contributed by atoms with Gasteiger partial charge >= 0.3 is 0 Å². The van der Waals surface area contributed by atoms with Gasteiger partial charge in [-0.3, -0.25) is 4.79 Å². The number of nitrogens with one attached hydrogen (secondary N) is 1. The number of amides is 1. The zero-order chi connectivity index (χ0) is 12.0. The van der Waals surface area contributed by atoms with Gasteiger partial charge in [0.1, 0.15) is 0 Å². The Hall–Kier alpha value is -0.570. The maximum Gasteiger partial charge on any atom is 0.223 e. The van der Waals surface area contributed by atoms with Crippen LogP contribution in [-0.4, -0.2) is 37.5 Å². The second-order valence-electron chi connectivity index (χ2n) is 5.31. The Labute approximate surface area is 99.6 Å². The first-order chi connectivity index (χ1) is 7.63. The summed E-state index contributed by atoms with van der Waals surface area (Å²) in [6.45, 7) is 7.31. The van der Waals surface area contributed by atoms with Crippen LogP contribution in [0.2, 0.25) is 0 Å². The fourth-order valence-electron chi connectivity index (χ4n) is 2.47. The van der Waals surface area contributed by atoms with Crippen LogP contribution in [0.15, 0.2) is 0 Å². The Morgan fingerprint density at radius 1 is 1.38 bits per heavy atom. The van der Waals surface area contributed by atoms with Crippen LogP contribution in [0.25, 0.3) is 0 Å². The van der Waals surface area contributed by atoms with Gasteiger partial charge in [0.15, 0.2) is 0 Å². The van der Waals surface area contributed by atoms with Gasteiger partial charge in [-0.2, -0.15) is 0 Å². The fraction of sp³-hybridized carbons (Fsp3) is 0.923. The van der Waals surface area contributed by atoms with Crippen LogP contribution in [0.3, 0.4) is 0 Å². The molecule has 0 aliphatic carbocycles. The summed E-state index contributed by atoms with van der Waals surface area (Å²) in [5, 5.41) is 3.03. The van der Waals surface area contributed by atoms with Crippen LogP contribution >= 0.6 is 0 Å². The molecule has 1 fully saturated rings. The van der Waals surface area contributed by atoms with Gasteiger partial charge in [-0.25, -0.2) is 0 Å². The van der Waals surface area contributed by atoms with Gasteiger partial charge in [0.05, 0.1) is 0 Å². The lowest BCUT2D eigenvalue weighted by Crippen LogP contribution is -2.39. The highest BCUT2D eigenvalue weighted by Crippen LogP contribution is 2.24. The molecule has 1 N–H and O–H groups in total. The number of likely N-dealkylation sites (tertiary alicyclic amines) is 1. The molecule has 0 aromatic carbocycles. The van der Waals surface area contributed by atoms with E-state index in [1.54, 1.807) is 0 Å². The van der Waals surface area contributed by atoms with Crippen molar-refractivity contribution in [3.05, 3.63) is 0 Å². The molecular weight excluding hydrogens is 200 g/mol. The molecule has 0 atom stereocenters. The molecule has 1 aliphatic rings. The number of hydrogen-bond donors (Lipinski definition) is 1. The number of nitrogens with zero attached hydrogens (tertiary/aromatic N) is 1. The summed E-state index contributed by atoms with van der Waals surface area (Å²) in [6.07, 6.45) is 4.36. The van der Waals surface area contributed by atoms with Crippen molar-refractivity contribution < 1.29 is 4.79 Å². The van der Waals surface area contributed by atoms with E-state index < -0.39 is 0 Å². The number of rotatable bonds is 5. The molecule has 0 aromatic heterocycles. The summed E-state index contributed by atoms with van der Waals surface area (Å²) >= 11 is 0. The average molecular weight is 226 g/mol. The molecule has 0 aromatic rings. The van der Waals surface area contributed by atoms with Crippen LogP contribution in [0.4, 0.5) is 0 Å². The van der Waals surface area contributed by atoms with Crippen molar-refractivity contribution in [1.82, 2.24) is 10.2 Å². The largest absolute Gasteiger partial charge is 0.343 e. The topological polar surface area (TPSA) is 32.3 Å². The second-order valence-corrected chi connectivity index (χ2v) is 5.31. The molecule has 1 aliphatic heterocycles. The molecule has 1 saturated heterocycles. The molecule has 3 heteroatoms. The van der Waals surface area contributed by atoms with Gasteiger partial charge in [-0.15, -0.1) is 0 Å². The van der Waals surface area contributed by atoms with Crippen molar-refractivity contribution in [3.63, 3.8) is 0 Å². The molecule has 0 radical (unpaired) electrons. The predicted octanol–water partition coefficient (Wildman–Crippen LogP) is 1.88. The van der Waals surface area contributed by atoms with Crippen molar-refractivity contribution in [3.8, 4) is 0 Å². The SMILES string of the molecule is CNCCC(=O)N1CCC(CC(C)C)CC1. The van der Waals surface area contributed by atoms with Gasteiger partial charge < -0.3 is 10.2 Å². The predicted molar refractivity (Wildman–Crippen MR) is 67.3 cm³/mol. The van der Waals surface area contributed by atoms with E-state index >= 15 is 0 Å². The van der Waals surface area contributed by atoms with Crippen LogP contribution < -0.4 is 5.32 Å². The van der Waals surface area contributed by atoms with E-state index in [-0.39, 0.29) is 0 Å². The van der Waals surface area contributed by atoms with Gasteiger partial charge in [0.2, 0.25) is 5.91 Å². The minimum absolute atomic E-state index is 0.317. The van der Waals surface area contributed by atoms with Gasteiger partial charge in [-0.05, 0) is 38.1 Å². The third kappa shape index (κ3) is 4.52. The normalized spacial score (nSPS) is 18.1. The molecule has 0 saturated carbocycles. The van der Waals surface area contributed by atoms with E-state index in [1.807, 2.05) is 11.9 Å². The van der Waals surface area contributed by atoms with Crippen molar-refractivity contribution in [2.75, 3.05) is 26.7 Å². The van der Waals surface area contributed by atoms with E-state index in [0.29, 0.717) is 12.3 Å². The average Bonchev–Trinajstić information content (AvgIpc) is 2.26. The lowest BCUT2D eigenvalue weighted by atomic mass is 9.88. The molecule has 16 heavy (non-hydrogen) atoms. The fourth-order valence-corrected chi connectivity index (χ4v) is 2.47. The molecule has 94 valence electrons. The second kappa shape index (κ2) is 6.89. The number of hydrogen-bond acceptors (Lipinski definition) is 2. The summed E-state index contributed by atoms with van der Waals surface area (Å²) < 4.78 is 0. The Bertz CT molecular complexity index is 208. The van der Waals surface area contributed by atoms with Gasteiger partial charge in [0.25, 0.3) is 0 Å². The summed E-state index contributed by atoms with van der Waals surface area (Å²) in [7, 11) is 1.89. The highest BCUT2D eigenvalue weighted by atomic mass is 16.2. The Balaban J connectivity index is 2.23. The zero-order valence-corrected chi connectivity index (χ0v) is 11.0. The number of carbonyl (C=O) groups excluding carboxylic acids is 1. The molecule has 1 rings (SSSR count). The first-order valence-corrected chi connectivity index (χ1v) is 6.55. The quantitative estimate of drug-likeness (QED) is 0.776. The van der Waals surface area contributed by atoms with Gasteiger partial charge in [0, 0.05) is 26.1 Å². The third-order valence-corrected chi connectivity index (χ3v) is 3.36. The highest BCUT2D eigenvalue weighted by molar-refractivity contribution is 5.76. The van der Waals surface area contributed by atoms with Crippen molar-refractivity contribution in [2.45, 2.75) is 39.5 Å². The molecule has 0 spiro atoms. The molecule has 1 amide bonds. The van der Waals surface area contributed by atoms with Crippen LogP contribution in [0.1, 0.15) is 39.5 Å². The maximum absolute atomic E-state index is 11.8. The Morgan fingerprint density at radius 3 is 2.50 bits per heavy atom. The Kier molecular flexibility index (Phi) is 5.81. The van der Waals surface area contributed by atoms with Gasteiger partial charge in [-0.1, -0.05) is 13.8 Å². The van der Waals surface area contributed by atoms with E-state index in [0.717, 1.165) is 31.5 Å². The van der Waals surface area contributed by atoms with E-state index in [2.05, 4.69) is 19.2 Å². The van der Waals surface area contributed by atoms with Crippen molar-refractivity contribution in [2.24, 2.45) is 11.8 Å². The minimum atomic E-state index is 0.317. The van der Waals surface area contributed by atoms with Crippen molar-refractivity contribution in [1.29, 1.82) is 0 Å². The zero-order valence-electron chi connectivity index (χ0n) is 11.0. The highest BCUT2D eigenvalue weighted by Gasteiger charge is 2.22. The van der Waals surface area contributed by atoms with Crippen LogP contribution in [0, 0.1) is 11.8 Å². The number of piperidine rings is 1. The molecule has 1 heterocycles. The molecule has 0 bridgehead atoms. The summed E-state index contributed by atoms with van der Waals surface area (Å²) in [5.74, 6) is 1.95. The summed E-state index contributed by atoms with van der Waals surface area (Å²) in [6, 6.07) is 0. The summed E-state index contributed by atoms with van der Waals surface area (Å²) in [5.41, 5.74) is 0. The van der Waals surface area contributed by atoms with Crippen LogP contribution in [0.5, 0.6) is 0 Å². The van der Waals surface area contributed by atoms with E-state index in [1.165, 1.54) is 19.3 Å². The lowest BCUT2D eigenvalue weighted by molar-refractivity contribution is -0.132. The first kappa shape index (κ1) is 13.5. The smallest absolute Gasteiger partial charge is 0.223 e. The summed E-state index contributed by atoms with van der Waals surface area (Å²) in [4.78, 5) is 13.8. The van der Waals surface area contributed by atoms with Crippen molar-refractivity contribution >= 4 is 5.91 Å². The first-order valence-electron chi connectivity index (χ1n) is 6.55.